The van der Waals surface area contributed by atoms with Gasteiger partial charge in [-0.15, -0.1) is 0 Å². The molecule has 0 aliphatic carbocycles. The summed E-state index contributed by atoms with van der Waals surface area (Å²) in [6.45, 7) is 6.30. The molecule has 2 heteroatoms. The Morgan fingerprint density at radius 1 is 0.586 bits per heavy atom. The Morgan fingerprint density at radius 2 is 1.07 bits per heavy atom. The zero-order valence-electron chi connectivity index (χ0n) is 17.1. The van der Waals surface area contributed by atoms with Gasteiger partial charge in [0.15, 0.2) is 0 Å². The highest BCUT2D eigenvalue weighted by Crippen LogP contribution is 2.26. The van der Waals surface area contributed by atoms with E-state index in [0.717, 1.165) is 22.5 Å². The second-order valence-corrected chi connectivity index (χ2v) is 7.48. The summed E-state index contributed by atoms with van der Waals surface area (Å²) >= 11 is 0. The topological polar surface area (TPSA) is 25.8 Å². The molecule has 0 aliphatic heterocycles. The molecule has 0 atom stereocenters. The second-order valence-electron chi connectivity index (χ2n) is 7.48. The van der Waals surface area contributed by atoms with E-state index in [1.54, 1.807) is 0 Å². The highest BCUT2D eigenvalue weighted by molar-refractivity contribution is 5.90. The molecule has 0 bridgehead atoms. The van der Waals surface area contributed by atoms with E-state index in [4.69, 9.17) is 0 Å². The van der Waals surface area contributed by atoms with E-state index in [2.05, 4.69) is 110 Å². The number of nitrogens with zero attached hydrogens (tertiary/aromatic N) is 2. The zero-order chi connectivity index (χ0) is 20.2. The van der Waals surface area contributed by atoms with Crippen molar-refractivity contribution in [3.05, 3.63) is 119 Å². The van der Waals surface area contributed by atoms with Crippen LogP contribution in [0.15, 0.2) is 85.2 Å². The molecule has 4 aromatic rings. The molecular formula is C27H24N2. The lowest BCUT2D eigenvalue weighted by molar-refractivity contribution is 1.18. The Hall–Kier alpha value is -3.52. The smallest absolute Gasteiger partial charge is 0.0885 e. The highest BCUT2D eigenvalue weighted by Gasteiger charge is 2.07. The Balaban J connectivity index is 1.72. The Kier molecular flexibility index (Phi) is 5.35. The third-order valence-electron chi connectivity index (χ3n) is 5.04. The molecular weight excluding hydrogens is 352 g/mol. The van der Waals surface area contributed by atoms with Crippen LogP contribution in [0.2, 0.25) is 0 Å². The van der Waals surface area contributed by atoms with Crippen LogP contribution in [0.3, 0.4) is 0 Å². The van der Waals surface area contributed by atoms with E-state index in [0.29, 0.717) is 0 Å². The molecule has 1 aromatic heterocycles. The van der Waals surface area contributed by atoms with Gasteiger partial charge in [-0.3, -0.25) is 9.97 Å². The van der Waals surface area contributed by atoms with Crippen molar-refractivity contribution in [2.45, 2.75) is 20.8 Å². The molecule has 0 spiro atoms. The van der Waals surface area contributed by atoms with E-state index in [1.807, 2.05) is 12.4 Å². The molecule has 0 unspecified atom stereocenters. The molecule has 0 saturated carbocycles. The van der Waals surface area contributed by atoms with Crippen LogP contribution < -0.4 is 0 Å². The number of aryl methyl sites for hydroxylation is 3. The summed E-state index contributed by atoms with van der Waals surface area (Å²) in [6, 6.07) is 25.6. The van der Waals surface area contributed by atoms with Gasteiger partial charge >= 0.3 is 0 Å². The SMILES string of the molecule is Cc1ccc(C(=Cc2cnc(-c3ccc(C)cc3)cn2)c2ccc(C)cc2)cc1. The fourth-order valence-electron chi connectivity index (χ4n) is 3.23. The van der Waals surface area contributed by atoms with E-state index >= 15 is 0 Å². The summed E-state index contributed by atoms with van der Waals surface area (Å²) in [4.78, 5) is 9.30. The molecule has 1 heterocycles. The van der Waals surface area contributed by atoms with Crippen LogP contribution >= 0.6 is 0 Å². The summed E-state index contributed by atoms with van der Waals surface area (Å²) in [6.07, 6.45) is 5.80. The van der Waals surface area contributed by atoms with Gasteiger partial charge in [0.2, 0.25) is 0 Å². The lowest BCUT2D eigenvalue weighted by Gasteiger charge is -2.10. The van der Waals surface area contributed by atoms with Gasteiger partial charge in [0.25, 0.3) is 0 Å². The van der Waals surface area contributed by atoms with Gasteiger partial charge in [-0.2, -0.15) is 0 Å². The number of aromatic nitrogens is 2. The summed E-state index contributed by atoms with van der Waals surface area (Å²) in [5, 5.41) is 0. The fourth-order valence-corrected chi connectivity index (χ4v) is 3.23. The van der Waals surface area contributed by atoms with Crippen molar-refractivity contribution in [3.8, 4) is 11.3 Å². The predicted molar refractivity (Wildman–Crippen MR) is 122 cm³/mol. The largest absolute Gasteiger partial charge is 0.253 e. The highest BCUT2D eigenvalue weighted by atomic mass is 14.8. The van der Waals surface area contributed by atoms with Crippen LogP contribution in [0.1, 0.15) is 33.5 Å². The first kappa shape index (κ1) is 18.8. The first-order chi connectivity index (χ1) is 14.1. The van der Waals surface area contributed by atoms with E-state index in [9.17, 15) is 0 Å². The van der Waals surface area contributed by atoms with E-state index < -0.39 is 0 Å². The minimum atomic E-state index is 0.844. The van der Waals surface area contributed by atoms with Crippen molar-refractivity contribution < 1.29 is 0 Å². The summed E-state index contributed by atoms with van der Waals surface area (Å²) in [7, 11) is 0. The third kappa shape index (κ3) is 4.49. The molecule has 0 fully saturated rings. The Morgan fingerprint density at radius 3 is 1.52 bits per heavy atom. The van der Waals surface area contributed by atoms with Crippen molar-refractivity contribution in [2.24, 2.45) is 0 Å². The van der Waals surface area contributed by atoms with Gasteiger partial charge in [0, 0.05) is 5.56 Å². The van der Waals surface area contributed by atoms with Crippen LogP contribution in [0.25, 0.3) is 22.9 Å². The van der Waals surface area contributed by atoms with Gasteiger partial charge in [-0.1, -0.05) is 89.5 Å². The zero-order valence-corrected chi connectivity index (χ0v) is 17.1. The summed E-state index contributed by atoms with van der Waals surface area (Å²) in [5.41, 5.74) is 10.0. The maximum Gasteiger partial charge on any atom is 0.0885 e. The fraction of sp³-hybridized carbons (Fsp3) is 0.111. The third-order valence-corrected chi connectivity index (χ3v) is 5.04. The van der Waals surface area contributed by atoms with Crippen LogP contribution in [-0.4, -0.2) is 9.97 Å². The van der Waals surface area contributed by atoms with Gasteiger partial charge in [0.05, 0.1) is 23.8 Å². The average molecular weight is 377 g/mol. The molecule has 142 valence electrons. The van der Waals surface area contributed by atoms with Crippen molar-refractivity contribution >= 4 is 11.6 Å². The maximum absolute atomic E-state index is 4.66. The molecule has 3 aromatic carbocycles. The quantitative estimate of drug-likeness (QED) is 0.398. The molecule has 0 radical (unpaired) electrons. The molecule has 0 saturated heterocycles. The monoisotopic (exact) mass is 376 g/mol. The minimum Gasteiger partial charge on any atom is -0.253 e. The first-order valence-corrected chi connectivity index (χ1v) is 9.83. The molecule has 2 nitrogen and oxygen atoms in total. The molecule has 0 aliphatic rings. The maximum atomic E-state index is 4.66. The second kappa shape index (κ2) is 8.24. The van der Waals surface area contributed by atoms with Crippen LogP contribution in [0.4, 0.5) is 0 Å². The normalized spacial score (nSPS) is 10.6. The van der Waals surface area contributed by atoms with Crippen molar-refractivity contribution in [1.82, 2.24) is 9.97 Å². The predicted octanol–water partition coefficient (Wildman–Crippen LogP) is 6.66. The van der Waals surface area contributed by atoms with Crippen molar-refractivity contribution in [2.75, 3.05) is 0 Å². The molecule has 0 N–H and O–H groups in total. The van der Waals surface area contributed by atoms with Crippen molar-refractivity contribution in [3.63, 3.8) is 0 Å². The number of benzene rings is 3. The molecule has 29 heavy (non-hydrogen) atoms. The van der Waals surface area contributed by atoms with Gasteiger partial charge in [0.1, 0.15) is 0 Å². The lowest BCUT2D eigenvalue weighted by atomic mass is 9.95. The Bertz CT molecular complexity index is 1070. The van der Waals surface area contributed by atoms with Crippen LogP contribution in [0.5, 0.6) is 0 Å². The lowest BCUT2D eigenvalue weighted by Crippen LogP contribution is -1.92. The van der Waals surface area contributed by atoms with Gasteiger partial charge in [-0.25, -0.2) is 0 Å². The summed E-state index contributed by atoms with van der Waals surface area (Å²) < 4.78 is 0. The van der Waals surface area contributed by atoms with E-state index in [-0.39, 0.29) is 0 Å². The standard InChI is InChI=1S/C27H24N2/c1-19-4-10-22(11-5-19)26(23-12-6-20(2)7-13-23)16-25-17-29-27(18-28-25)24-14-8-21(3)9-15-24/h4-18H,1-3H3. The summed E-state index contributed by atoms with van der Waals surface area (Å²) in [5.74, 6) is 0. The number of rotatable bonds is 4. The molecule has 4 rings (SSSR count). The Labute approximate surface area is 172 Å². The minimum absolute atomic E-state index is 0.844. The van der Waals surface area contributed by atoms with Gasteiger partial charge < -0.3 is 0 Å². The number of hydrogen-bond donors (Lipinski definition) is 0. The van der Waals surface area contributed by atoms with Gasteiger partial charge in [-0.05, 0) is 43.5 Å². The number of hydrogen-bond acceptors (Lipinski definition) is 2. The van der Waals surface area contributed by atoms with Crippen molar-refractivity contribution in [1.29, 1.82) is 0 Å². The molecule has 0 amide bonds. The van der Waals surface area contributed by atoms with E-state index in [1.165, 1.54) is 27.8 Å². The van der Waals surface area contributed by atoms with Crippen LogP contribution in [0, 0.1) is 20.8 Å². The average Bonchev–Trinajstić information content (AvgIpc) is 2.75. The van der Waals surface area contributed by atoms with Crippen LogP contribution in [-0.2, 0) is 0 Å². The first-order valence-electron chi connectivity index (χ1n) is 9.83.